The number of carboxylic acids is 1. The van der Waals surface area contributed by atoms with Gasteiger partial charge in [-0.15, -0.1) is 0 Å². The van der Waals surface area contributed by atoms with E-state index in [1.54, 1.807) is 0 Å². The molecule has 5 rings (SSSR count). The van der Waals surface area contributed by atoms with Crippen LogP contribution in [0.4, 0.5) is 0 Å². The first-order valence-corrected chi connectivity index (χ1v) is 13.3. The Morgan fingerprint density at radius 2 is 2.03 bits per heavy atom. The Morgan fingerprint density at radius 3 is 2.69 bits per heavy atom. The van der Waals surface area contributed by atoms with E-state index in [0.29, 0.717) is 25.2 Å². The number of aliphatic carboxylic acids is 1. The maximum absolute atomic E-state index is 12.4. The molecule has 4 aliphatic carbocycles. The Morgan fingerprint density at radius 1 is 1.29 bits per heavy atom. The number of carbonyl (C=O) groups excluding carboxylic acids is 1. The smallest absolute Gasteiger partial charge is 0.334 e. The molecule has 0 aromatic rings. The van der Waals surface area contributed by atoms with Crippen LogP contribution < -0.4 is 11.1 Å². The molecule has 0 radical (unpaired) electrons. The number of allylic oxidation sites excluding steroid dienone is 1. The molecule has 2 bridgehead atoms. The predicted octanol–water partition coefficient (Wildman–Crippen LogP) is 2.44. The predicted molar refractivity (Wildman–Crippen MR) is 133 cm³/mol. The number of rotatable bonds is 5. The summed E-state index contributed by atoms with van der Waals surface area (Å²) in [6.45, 7) is 3.54. The van der Waals surface area contributed by atoms with Gasteiger partial charge < -0.3 is 26.2 Å². The minimum Gasteiger partial charge on any atom is -0.478 e. The standard InChI is InChI=1S/C27H40N4O4/c1-17-8-9-18-12-21-22(23(33)34)25(35,16-32)14-26(17,21)27(18)15-31(11-10-19(27)13-29-2)24(28)30-20-6-4-3-5-7-20/h10-11,16-20,29,35H,3-9,12-15H2,1-2H3,(H2,28,30)(H,33,34)/t17-,18-,19-,25+,26+,27-/m1/s1. The normalized spacial score (nSPS) is 41.5. The minimum atomic E-state index is -1.96. The molecule has 0 aromatic carbocycles. The summed E-state index contributed by atoms with van der Waals surface area (Å²) in [5, 5.41) is 24.9. The molecule has 5 aliphatic rings. The first-order valence-electron chi connectivity index (χ1n) is 13.3. The molecule has 0 amide bonds. The SMILES string of the molecule is CNC[C@H]1C=CN(C(N)=NC2CCCCC2)C[C@@]12[C@@H]1CC[C@@H](C)[C@]23C[C@](O)(C=O)C(C(=O)O)=C3C1. The van der Waals surface area contributed by atoms with E-state index in [1.165, 1.54) is 19.3 Å². The fraction of sp³-hybridized carbons (Fsp3) is 0.741. The summed E-state index contributed by atoms with van der Waals surface area (Å²) in [5.41, 5.74) is 4.47. The highest BCUT2D eigenvalue weighted by atomic mass is 16.4. The van der Waals surface area contributed by atoms with E-state index in [9.17, 15) is 19.8 Å². The van der Waals surface area contributed by atoms with Crippen molar-refractivity contribution >= 4 is 18.2 Å². The Bertz CT molecular complexity index is 986. The van der Waals surface area contributed by atoms with Crippen molar-refractivity contribution in [2.24, 2.45) is 39.3 Å². The molecular formula is C27H40N4O4. The third-order valence-electron chi connectivity index (χ3n) is 10.2. The Kier molecular flexibility index (Phi) is 6.11. The number of guanidine groups is 1. The second-order valence-corrected chi connectivity index (χ2v) is 11.7. The van der Waals surface area contributed by atoms with Crippen LogP contribution >= 0.6 is 0 Å². The number of nitrogens with two attached hydrogens (primary N) is 1. The van der Waals surface area contributed by atoms with Gasteiger partial charge in [0, 0.05) is 30.1 Å². The number of carboxylic acid groups (broad SMARTS) is 1. The molecule has 3 fully saturated rings. The molecule has 8 heteroatoms. The molecule has 35 heavy (non-hydrogen) atoms. The molecule has 192 valence electrons. The largest absolute Gasteiger partial charge is 0.478 e. The average molecular weight is 485 g/mol. The van der Waals surface area contributed by atoms with Crippen LogP contribution in [-0.2, 0) is 9.59 Å². The maximum atomic E-state index is 12.4. The van der Waals surface area contributed by atoms with Crippen LogP contribution in [0.15, 0.2) is 28.4 Å². The van der Waals surface area contributed by atoms with E-state index in [1.807, 2.05) is 13.2 Å². The van der Waals surface area contributed by atoms with Crippen LogP contribution in [0.1, 0.15) is 64.7 Å². The lowest BCUT2D eigenvalue weighted by Gasteiger charge is -2.60. The van der Waals surface area contributed by atoms with Gasteiger partial charge in [-0.25, -0.2) is 9.79 Å². The lowest BCUT2D eigenvalue weighted by molar-refractivity contribution is -0.141. The Labute approximate surface area is 207 Å². The molecule has 0 unspecified atom stereocenters. The monoisotopic (exact) mass is 484 g/mol. The third kappa shape index (κ3) is 3.35. The van der Waals surface area contributed by atoms with Gasteiger partial charge in [-0.3, -0.25) is 4.79 Å². The highest BCUT2D eigenvalue weighted by Crippen LogP contribution is 2.76. The lowest BCUT2D eigenvalue weighted by atomic mass is 9.46. The van der Waals surface area contributed by atoms with Gasteiger partial charge in [-0.2, -0.15) is 0 Å². The number of aldehydes is 1. The number of aliphatic imine (C=N–C) groups is 1. The van der Waals surface area contributed by atoms with E-state index in [2.05, 4.69) is 23.2 Å². The second-order valence-electron chi connectivity index (χ2n) is 11.7. The van der Waals surface area contributed by atoms with Gasteiger partial charge in [-0.1, -0.05) is 32.3 Å². The summed E-state index contributed by atoms with van der Waals surface area (Å²) in [6.07, 6.45) is 13.2. The molecule has 5 N–H and O–H groups in total. The molecule has 0 saturated heterocycles. The van der Waals surface area contributed by atoms with Crippen molar-refractivity contribution in [2.45, 2.75) is 76.4 Å². The minimum absolute atomic E-state index is 0.0729. The zero-order valence-corrected chi connectivity index (χ0v) is 21.0. The van der Waals surface area contributed by atoms with Crippen molar-refractivity contribution in [3.8, 4) is 0 Å². The molecule has 1 heterocycles. The summed E-state index contributed by atoms with van der Waals surface area (Å²) >= 11 is 0. The molecule has 2 spiro atoms. The Balaban J connectivity index is 1.63. The fourth-order valence-electron chi connectivity index (χ4n) is 8.86. The van der Waals surface area contributed by atoms with Gasteiger partial charge in [0.1, 0.15) is 0 Å². The zero-order chi connectivity index (χ0) is 25.0. The van der Waals surface area contributed by atoms with Gasteiger partial charge >= 0.3 is 5.97 Å². The second kappa shape index (κ2) is 8.73. The van der Waals surface area contributed by atoms with Crippen molar-refractivity contribution in [1.29, 1.82) is 0 Å². The maximum Gasteiger partial charge on any atom is 0.334 e. The van der Waals surface area contributed by atoms with Crippen LogP contribution in [0, 0.1) is 28.6 Å². The summed E-state index contributed by atoms with van der Waals surface area (Å²) in [6, 6.07) is 0.254. The highest BCUT2D eigenvalue weighted by molar-refractivity contribution is 5.98. The number of hydrogen-bond acceptors (Lipinski definition) is 5. The van der Waals surface area contributed by atoms with E-state index < -0.39 is 17.0 Å². The lowest BCUT2D eigenvalue weighted by Crippen LogP contribution is -2.62. The molecule has 8 nitrogen and oxygen atoms in total. The van der Waals surface area contributed by atoms with Crippen molar-refractivity contribution in [3.63, 3.8) is 0 Å². The molecule has 6 atom stereocenters. The van der Waals surface area contributed by atoms with Crippen LogP contribution in [0.5, 0.6) is 0 Å². The van der Waals surface area contributed by atoms with E-state index in [0.717, 1.165) is 37.8 Å². The quantitative estimate of drug-likeness (QED) is 0.268. The first-order chi connectivity index (χ1) is 16.7. The van der Waals surface area contributed by atoms with Gasteiger partial charge in [0.25, 0.3) is 0 Å². The van der Waals surface area contributed by atoms with Gasteiger partial charge in [0.2, 0.25) is 0 Å². The summed E-state index contributed by atoms with van der Waals surface area (Å²) < 4.78 is 0. The van der Waals surface area contributed by atoms with Gasteiger partial charge in [-0.05, 0) is 68.9 Å². The van der Waals surface area contributed by atoms with Crippen molar-refractivity contribution < 1.29 is 19.8 Å². The highest BCUT2D eigenvalue weighted by Gasteiger charge is 2.75. The number of nitrogens with one attached hydrogen (secondary N) is 1. The third-order valence-corrected chi connectivity index (χ3v) is 10.2. The van der Waals surface area contributed by atoms with Crippen molar-refractivity contribution in [3.05, 3.63) is 23.4 Å². The van der Waals surface area contributed by atoms with E-state index in [-0.39, 0.29) is 41.2 Å². The summed E-state index contributed by atoms with van der Waals surface area (Å²) in [4.78, 5) is 31.6. The molecule has 1 aliphatic heterocycles. The van der Waals surface area contributed by atoms with Crippen molar-refractivity contribution in [2.75, 3.05) is 20.1 Å². The fourth-order valence-corrected chi connectivity index (χ4v) is 8.86. The van der Waals surface area contributed by atoms with Crippen LogP contribution in [0.3, 0.4) is 0 Å². The van der Waals surface area contributed by atoms with Crippen LogP contribution in [0.25, 0.3) is 0 Å². The molecule has 3 saturated carbocycles. The number of carbonyl (C=O) groups is 2. The molecule has 0 aromatic heterocycles. The van der Waals surface area contributed by atoms with Gasteiger partial charge in [0.05, 0.1) is 11.6 Å². The summed E-state index contributed by atoms with van der Waals surface area (Å²) in [5.74, 6) is -0.123. The molecular weight excluding hydrogens is 444 g/mol. The number of hydrogen-bond donors (Lipinski definition) is 4. The average Bonchev–Trinajstić information content (AvgIpc) is 3.19. The Hall–Kier alpha value is -2.19. The number of aliphatic hydroxyl groups is 1. The van der Waals surface area contributed by atoms with E-state index >= 15 is 0 Å². The van der Waals surface area contributed by atoms with Gasteiger partial charge in [0.15, 0.2) is 17.8 Å². The van der Waals surface area contributed by atoms with E-state index in [4.69, 9.17) is 10.7 Å². The zero-order valence-electron chi connectivity index (χ0n) is 21.0. The first kappa shape index (κ1) is 24.5. The van der Waals surface area contributed by atoms with Crippen molar-refractivity contribution in [1.82, 2.24) is 10.2 Å². The van der Waals surface area contributed by atoms with Crippen LogP contribution in [0.2, 0.25) is 0 Å². The topological polar surface area (TPSA) is 128 Å². The summed E-state index contributed by atoms with van der Waals surface area (Å²) in [7, 11) is 1.94. The number of nitrogens with zero attached hydrogens (tertiary/aromatic N) is 2. The van der Waals surface area contributed by atoms with Crippen LogP contribution in [-0.4, -0.2) is 65.1 Å².